The van der Waals surface area contributed by atoms with E-state index < -0.39 is 0 Å². The highest BCUT2D eigenvalue weighted by Gasteiger charge is 2.36. The van der Waals surface area contributed by atoms with Crippen LogP contribution in [0.4, 0.5) is 0 Å². The lowest BCUT2D eigenvalue weighted by Gasteiger charge is -2.23. The van der Waals surface area contributed by atoms with E-state index in [4.69, 9.17) is 9.97 Å². The van der Waals surface area contributed by atoms with Gasteiger partial charge in [0.15, 0.2) is 0 Å². The number of hydrogen-bond acceptors (Lipinski definition) is 2. The summed E-state index contributed by atoms with van der Waals surface area (Å²) in [5.74, 6) is 0.703. The first kappa shape index (κ1) is 19.8. The summed E-state index contributed by atoms with van der Waals surface area (Å²) in [6, 6.07) is 34.9. The maximum absolute atomic E-state index is 4.98. The molecule has 36 heavy (non-hydrogen) atoms. The Morgan fingerprint density at radius 2 is 1.44 bits per heavy atom. The van der Waals surface area contributed by atoms with Gasteiger partial charge in [0, 0.05) is 27.8 Å². The van der Waals surface area contributed by atoms with Gasteiger partial charge in [-0.15, -0.1) is 0 Å². The maximum atomic E-state index is 4.98. The van der Waals surface area contributed by atoms with Gasteiger partial charge in [-0.1, -0.05) is 86.6 Å². The van der Waals surface area contributed by atoms with Crippen molar-refractivity contribution in [3.05, 3.63) is 114 Å². The first-order chi connectivity index (χ1) is 17.6. The summed E-state index contributed by atoms with van der Waals surface area (Å²) in [6.07, 6.45) is 1.93. The molecule has 0 N–H and O–H groups in total. The molecule has 7 aromatic rings. The normalized spacial score (nSPS) is 14.1. The highest BCUT2D eigenvalue weighted by Crippen LogP contribution is 2.51. The number of nitrogens with zero attached hydrogens (tertiary/aromatic N) is 3. The van der Waals surface area contributed by atoms with Crippen molar-refractivity contribution >= 4 is 43.5 Å². The van der Waals surface area contributed by atoms with E-state index in [9.17, 15) is 0 Å². The lowest BCUT2D eigenvalue weighted by atomic mass is 9.80. The zero-order chi connectivity index (χ0) is 24.0. The number of para-hydroxylation sites is 2. The number of rotatable bonds is 1. The van der Waals surface area contributed by atoms with Crippen LogP contribution in [0.5, 0.6) is 0 Å². The fraction of sp³-hybridized carbons (Fsp3) is 0.0909. The largest absolute Gasteiger partial charge is 0.278 e. The molecule has 1 aliphatic carbocycles. The molecule has 1 aliphatic rings. The van der Waals surface area contributed by atoms with E-state index in [1.54, 1.807) is 0 Å². The molecule has 0 unspecified atom stereocenters. The number of benzene rings is 5. The molecule has 0 amide bonds. The minimum absolute atomic E-state index is 0.0740. The molecule has 0 spiro atoms. The number of fused-ring (bicyclic) bond motifs is 9. The zero-order valence-electron chi connectivity index (χ0n) is 20.2. The van der Waals surface area contributed by atoms with Gasteiger partial charge in [0.1, 0.15) is 0 Å². The Labute approximate surface area is 208 Å². The van der Waals surface area contributed by atoms with Crippen molar-refractivity contribution in [3.8, 4) is 17.1 Å². The van der Waals surface area contributed by atoms with Crippen LogP contribution in [0.3, 0.4) is 0 Å². The second-order valence-corrected chi connectivity index (χ2v) is 10.3. The molecule has 0 saturated carbocycles. The highest BCUT2D eigenvalue weighted by molar-refractivity contribution is 6.15. The van der Waals surface area contributed by atoms with Gasteiger partial charge in [0.2, 0.25) is 5.95 Å². The number of aromatic nitrogens is 3. The van der Waals surface area contributed by atoms with Gasteiger partial charge in [-0.25, -0.2) is 9.97 Å². The summed E-state index contributed by atoms with van der Waals surface area (Å²) in [7, 11) is 0. The van der Waals surface area contributed by atoms with E-state index in [2.05, 4.69) is 103 Å². The van der Waals surface area contributed by atoms with Gasteiger partial charge in [-0.2, -0.15) is 0 Å². The van der Waals surface area contributed by atoms with Crippen molar-refractivity contribution in [2.75, 3.05) is 0 Å². The standard InChI is InChI=1S/C33H23N3/c1-33(2)27-12-6-4-10-22(27)24-16-15-20-17-26-23-11-5-8-14-29(23)36(30(26)18-25(20)31(24)33)32-34-19-21-9-3-7-13-28(21)35-32/h3-19H,1-2H3. The molecule has 170 valence electrons. The molecule has 0 radical (unpaired) electrons. The van der Waals surface area contributed by atoms with Crippen molar-refractivity contribution in [1.29, 1.82) is 0 Å². The van der Waals surface area contributed by atoms with Gasteiger partial charge in [0.05, 0.1) is 16.6 Å². The molecule has 5 aromatic carbocycles. The topological polar surface area (TPSA) is 30.7 Å². The molecule has 3 nitrogen and oxygen atoms in total. The van der Waals surface area contributed by atoms with Gasteiger partial charge < -0.3 is 0 Å². The molecule has 0 aliphatic heterocycles. The third kappa shape index (κ3) is 2.47. The Kier molecular flexibility index (Phi) is 3.73. The van der Waals surface area contributed by atoms with Gasteiger partial charge in [0.25, 0.3) is 0 Å². The van der Waals surface area contributed by atoms with E-state index in [0.29, 0.717) is 5.95 Å². The van der Waals surface area contributed by atoms with Crippen molar-refractivity contribution < 1.29 is 0 Å². The van der Waals surface area contributed by atoms with E-state index in [1.165, 1.54) is 43.8 Å². The SMILES string of the molecule is CC1(C)c2ccccc2-c2ccc3cc4c5ccccc5n(-c5ncc6ccccc6n5)c4cc3c21. The first-order valence-electron chi connectivity index (χ1n) is 12.4. The highest BCUT2D eigenvalue weighted by atomic mass is 15.2. The van der Waals surface area contributed by atoms with Crippen LogP contribution in [0.15, 0.2) is 103 Å². The Morgan fingerprint density at radius 3 is 2.39 bits per heavy atom. The second-order valence-electron chi connectivity index (χ2n) is 10.3. The van der Waals surface area contributed by atoms with Gasteiger partial charge >= 0.3 is 0 Å². The average Bonchev–Trinajstić information content (AvgIpc) is 3.36. The third-order valence-corrected chi connectivity index (χ3v) is 8.00. The Balaban J connectivity index is 1.51. The Bertz CT molecular complexity index is 2030. The van der Waals surface area contributed by atoms with Crippen molar-refractivity contribution in [3.63, 3.8) is 0 Å². The summed E-state index contributed by atoms with van der Waals surface area (Å²) >= 11 is 0. The first-order valence-corrected chi connectivity index (χ1v) is 12.4. The quantitative estimate of drug-likeness (QED) is 0.247. The minimum Gasteiger partial charge on any atom is -0.278 e. The van der Waals surface area contributed by atoms with Crippen LogP contribution in [0.1, 0.15) is 25.0 Å². The van der Waals surface area contributed by atoms with E-state index in [-0.39, 0.29) is 5.41 Å². The predicted molar refractivity (Wildman–Crippen MR) is 149 cm³/mol. The molecule has 0 fully saturated rings. The zero-order valence-corrected chi connectivity index (χ0v) is 20.2. The summed E-state index contributed by atoms with van der Waals surface area (Å²) < 4.78 is 2.23. The molecule has 0 atom stereocenters. The van der Waals surface area contributed by atoms with Gasteiger partial charge in [-0.05, 0) is 57.3 Å². The fourth-order valence-electron chi connectivity index (χ4n) is 6.37. The van der Waals surface area contributed by atoms with Crippen molar-refractivity contribution in [1.82, 2.24) is 14.5 Å². The summed E-state index contributed by atoms with van der Waals surface area (Å²) in [5.41, 5.74) is 8.62. The average molecular weight is 462 g/mol. The summed E-state index contributed by atoms with van der Waals surface area (Å²) in [6.45, 7) is 4.70. The smallest absolute Gasteiger partial charge is 0.235 e. The maximum Gasteiger partial charge on any atom is 0.235 e. The molecule has 2 aromatic heterocycles. The molecule has 3 heteroatoms. The van der Waals surface area contributed by atoms with Crippen LogP contribution in [-0.2, 0) is 5.41 Å². The Hall–Kier alpha value is -4.50. The molecular formula is C33H23N3. The van der Waals surface area contributed by atoms with Crippen LogP contribution < -0.4 is 0 Å². The van der Waals surface area contributed by atoms with Gasteiger partial charge in [-0.3, -0.25) is 4.57 Å². The second kappa shape index (κ2) is 6.79. The van der Waals surface area contributed by atoms with Crippen molar-refractivity contribution in [2.24, 2.45) is 0 Å². The van der Waals surface area contributed by atoms with Crippen LogP contribution in [0.2, 0.25) is 0 Å². The fourth-order valence-corrected chi connectivity index (χ4v) is 6.37. The third-order valence-electron chi connectivity index (χ3n) is 8.00. The van der Waals surface area contributed by atoms with Crippen LogP contribution >= 0.6 is 0 Å². The number of hydrogen-bond donors (Lipinski definition) is 0. The Morgan fingerprint density at radius 1 is 0.639 bits per heavy atom. The molecule has 0 saturated heterocycles. The molecule has 2 heterocycles. The van der Waals surface area contributed by atoms with Crippen LogP contribution in [0, 0.1) is 0 Å². The lowest BCUT2D eigenvalue weighted by molar-refractivity contribution is 0.666. The molecule has 0 bridgehead atoms. The predicted octanol–water partition coefficient (Wildman–Crippen LogP) is 8.19. The minimum atomic E-state index is -0.0740. The monoisotopic (exact) mass is 461 g/mol. The van der Waals surface area contributed by atoms with Crippen LogP contribution in [-0.4, -0.2) is 14.5 Å². The van der Waals surface area contributed by atoms with Crippen LogP contribution in [0.25, 0.3) is 60.6 Å². The molecular weight excluding hydrogens is 438 g/mol. The molecule has 8 rings (SSSR count). The summed E-state index contributed by atoms with van der Waals surface area (Å²) in [5, 5.41) is 6.05. The lowest BCUT2D eigenvalue weighted by Crippen LogP contribution is -2.15. The summed E-state index contributed by atoms with van der Waals surface area (Å²) in [4.78, 5) is 9.80. The van der Waals surface area contributed by atoms with E-state index in [0.717, 1.165) is 21.9 Å². The van der Waals surface area contributed by atoms with E-state index >= 15 is 0 Å². The van der Waals surface area contributed by atoms with E-state index in [1.807, 2.05) is 18.3 Å². The van der Waals surface area contributed by atoms with Crippen molar-refractivity contribution in [2.45, 2.75) is 19.3 Å².